The van der Waals surface area contributed by atoms with E-state index in [-0.39, 0.29) is 30.9 Å². The first-order valence-corrected chi connectivity index (χ1v) is 12.2. The Morgan fingerprint density at radius 2 is 1.73 bits per heavy atom. The maximum absolute atomic E-state index is 12.9. The third-order valence-corrected chi connectivity index (χ3v) is 10.0. The molecule has 6 fully saturated rings. The standard InChI is InChI=1S/C24H35NO5/c1-25-24(27)30-20-9-15-8-19(20)22-17-6-14(21(15)22)7-18(17)23(26)29-11-28-10-16-5-12-2-3-13(16)4-12/h12-22H,2-11H2,1H3,(H,25,27). The van der Waals surface area contributed by atoms with Crippen molar-refractivity contribution in [3.63, 3.8) is 0 Å². The normalized spacial score (nSPS) is 49.4. The summed E-state index contributed by atoms with van der Waals surface area (Å²) in [5, 5.41) is 2.58. The largest absolute Gasteiger partial charge is 0.446 e. The molecule has 0 spiro atoms. The Labute approximate surface area is 178 Å². The molecule has 11 unspecified atom stereocenters. The minimum absolute atomic E-state index is 0.0161. The van der Waals surface area contributed by atoms with E-state index in [1.54, 1.807) is 7.05 Å². The Kier molecular flexibility index (Phi) is 4.78. The van der Waals surface area contributed by atoms with E-state index in [0.717, 1.165) is 43.6 Å². The minimum atomic E-state index is -0.323. The van der Waals surface area contributed by atoms with E-state index >= 15 is 0 Å². The van der Waals surface area contributed by atoms with Crippen LogP contribution in [0.1, 0.15) is 51.4 Å². The molecule has 0 aromatic carbocycles. The lowest BCUT2D eigenvalue weighted by Crippen LogP contribution is -2.42. The van der Waals surface area contributed by atoms with E-state index in [4.69, 9.17) is 14.2 Å². The van der Waals surface area contributed by atoms with Crippen LogP contribution in [-0.4, -0.2) is 38.6 Å². The summed E-state index contributed by atoms with van der Waals surface area (Å²) < 4.78 is 17.1. The predicted molar refractivity (Wildman–Crippen MR) is 108 cm³/mol. The maximum atomic E-state index is 12.9. The summed E-state index contributed by atoms with van der Waals surface area (Å²) in [6.45, 7) is 0.862. The Morgan fingerprint density at radius 3 is 2.50 bits per heavy atom. The highest BCUT2D eigenvalue weighted by Crippen LogP contribution is 2.69. The zero-order valence-electron chi connectivity index (χ0n) is 18.0. The zero-order valence-corrected chi connectivity index (χ0v) is 18.0. The quantitative estimate of drug-likeness (QED) is 0.309. The van der Waals surface area contributed by atoms with Gasteiger partial charge in [0.2, 0.25) is 0 Å². The van der Waals surface area contributed by atoms with Gasteiger partial charge < -0.3 is 19.5 Å². The summed E-state index contributed by atoms with van der Waals surface area (Å²) in [4.78, 5) is 24.6. The molecule has 1 amide bonds. The van der Waals surface area contributed by atoms with Crippen LogP contribution in [0.3, 0.4) is 0 Å². The van der Waals surface area contributed by atoms with Gasteiger partial charge in [-0.15, -0.1) is 0 Å². The van der Waals surface area contributed by atoms with E-state index < -0.39 is 0 Å². The average molecular weight is 418 g/mol. The van der Waals surface area contributed by atoms with Crippen molar-refractivity contribution >= 4 is 12.1 Å². The second-order valence-electron chi connectivity index (χ2n) is 11.1. The lowest BCUT2D eigenvalue weighted by atomic mass is 9.67. The van der Waals surface area contributed by atoms with Crippen molar-refractivity contribution in [1.82, 2.24) is 5.32 Å². The molecule has 1 N–H and O–H groups in total. The van der Waals surface area contributed by atoms with Gasteiger partial charge in [-0.3, -0.25) is 4.79 Å². The number of amides is 1. The molecular formula is C24H35NO5. The number of hydrogen-bond acceptors (Lipinski definition) is 5. The SMILES string of the molecule is CNC(=O)OC1CC2CC1C1C3CC(CC3C(=O)OCOCC3CC4CCC3C4)C21. The number of ether oxygens (including phenoxy) is 3. The highest BCUT2D eigenvalue weighted by molar-refractivity contribution is 5.73. The van der Waals surface area contributed by atoms with Crippen LogP contribution in [0.15, 0.2) is 0 Å². The average Bonchev–Trinajstić information content (AvgIpc) is 3.55. The number of rotatable bonds is 6. The van der Waals surface area contributed by atoms with Gasteiger partial charge in [-0.2, -0.15) is 0 Å². The molecule has 11 atom stereocenters. The number of carbonyl (C=O) groups is 2. The van der Waals surface area contributed by atoms with Gasteiger partial charge in [-0.25, -0.2) is 4.79 Å². The third-order valence-electron chi connectivity index (χ3n) is 10.0. The van der Waals surface area contributed by atoms with Crippen molar-refractivity contribution in [1.29, 1.82) is 0 Å². The Bertz CT molecular complexity index is 712. The number of hydrogen-bond donors (Lipinski definition) is 1. The molecule has 6 saturated carbocycles. The number of esters is 1. The van der Waals surface area contributed by atoms with Crippen molar-refractivity contribution in [2.45, 2.75) is 57.5 Å². The smallest absolute Gasteiger partial charge is 0.407 e. The molecule has 6 heteroatoms. The fraction of sp³-hybridized carbons (Fsp3) is 0.917. The number of fused-ring (bicyclic) bond motifs is 11. The van der Waals surface area contributed by atoms with Gasteiger partial charge in [0.25, 0.3) is 0 Å². The molecule has 6 bridgehead atoms. The van der Waals surface area contributed by atoms with Crippen molar-refractivity contribution in [2.24, 2.45) is 59.2 Å². The molecule has 0 saturated heterocycles. The molecule has 6 aliphatic rings. The second kappa shape index (κ2) is 7.39. The van der Waals surface area contributed by atoms with E-state index in [0.29, 0.717) is 35.5 Å². The Hall–Kier alpha value is -1.30. The predicted octanol–water partition coefficient (Wildman–Crippen LogP) is 3.59. The summed E-state index contributed by atoms with van der Waals surface area (Å²) in [7, 11) is 1.61. The van der Waals surface area contributed by atoms with Crippen LogP contribution in [0.4, 0.5) is 4.79 Å². The van der Waals surface area contributed by atoms with E-state index in [1.165, 1.54) is 32.1 Å². The summed E-state index contributed by atoms with van der Waals surface area (Å²) in [6.07, 6.45) is 9.46. The van der Waals surface area contributed by atoms with Crippen LogP contribution in [0.5, 0.6) is 0 Å². The summed E-state index contributed by atoms with van der Waals surface area (Å²) >= 11 is 0. The molecule has 6 aliphatic carbocycles. The zero-order chi connectivity index (χ0) is 20.4. The van der Waals surface area contributed by atoms with Gasteiger partial charge in [0.15, 0.2) is 6.79 Å². The lowest BCUT2D eigenvalue weighted by Gasteiger charge is -2.40. The molecule has 0 aliphatic heterocycles. The highest BCUT2D eigenvalue weighted by atomic mass is 16.7. The fourth-order valence-electron chi connectivity index (χ4n) is 9.13. The van der Waals surface area contributed by atoms with Crippen molar-refractivity contribution in [3.8, 4) is 0 Å². The molecule has 6 nitrogen and oxygen atoms in total. The molecule has 6 rings (SSSR count). The van der Waals surface area contributed by atoms with Gasteiger partial charge in [-0.05, 0) is 98.2 Å². The maximum Gasteiger partial charge on any atom is 0.407 e. The molecule has 0 heterocycles. The van der Waals surface area contributed by atoms with Crippen molar-refractivity contribution < 1.29 is 23.8 Å². The van der Waals surface area contributed by atoms with E-state index in [2.05, 4.69) is 5.32 Å². The van der Waals surface area contributed by atoms with Gasteiger partial charge in [-0.1, -0.05) is 6.42 Å². The molecule has 0 radical (unpaired) electrons. The minimum Gasteiger partial charge on any atom is -0.446 e. The van der Waals surface area contributed by atoms with Crippen molar-refractivity contribution in [2.75, 3.05) is 20.4 Å². The summed E-state index contributed by atoms with van der Waals surface area (Å²) in [6, 6.07) is 0. The third kappa shape index (κ3) is 3.00. The molecule has 30 heavy (non-hydrogen) atoms. The molecule has 166 valence electrons. The topological polar surface area (TPSA) is 73.9 Å². The number of nitrogens with one attached hydrogen (secondary N) is 1. The lowest BCUT2D eigenvalue weighted by molar-refractivity contribution is -0.166. The first-order chi connectivity index (χ1) is 14.6. The summed E-state index contributed by atoms with van der Waals surface area (Å²) in [5.74, 6) is 5.84. The fourth-order valence-corrected chi connectivity index (χ4v) is 9.13. The molecule has 0 aromatic rings. The first-order valence-electron chi connectivity index (χ1n) is 12.2. The first kappa shape index (κ1) is 19.4. The molecular weight excluding hydrogens is 382 g/mol. The monoisotopic (exact) mass is 417 g/mol. The van der Waals surface area contributed by atoms with Crippen LogP contribution in [0.25, 0.3) is 0 Å². The molecule has 0 aromatic heterocycles. The van der Waals surface area contributed by atoms with Crippen LogP contribution in [0.2, 0.25) is 0 Å². The number of carbonyl (C=O) groups excluding carboxylic acids is 2. The van der Waals surface area contributed by atoms with Crippen LogP contribution in [0, 0.1) is 59.2 Å². The van der Waals surface area contributed by atoms with Gasteiger partial charge in [0, 0.05) is 7.05 Å². The number of alkyl carbamates (subject to hydrolysis) is 1. The Morgan fingerprint density at radius 1 is 0.900 bits per heavy atom. The van der Waals surface area contributed by atoms with Gasteiger partial charge >= 0.3 is 12.1 Å². The van der Waals surface area contributed by atoms with Gasteiger partial charge in [0.1, 0.15) is 6.10 Å². The van der Waals surface area contributed by atoms with Crippen LogP contribution in [-0.2, 0) is 19.0 Å². The van der Waals surface area contributed by atoms with Crippen LogP contribution >= 0.6 is 0 Å². The van der Waals surface area contributed by atoms with E-state index in [1.807, 2.05) is 0 Å². The van der Waals surface area contributed by atoms with E-state index in [9.17, 15) is 9.59 Å². The highest BCUT2D eigenvalue weighted by Gasteiger charge is 2.66. The van der Waals surface area contributed by atoms with Crippen LogP contribution < -0.4 is 5.32 Å². The van der Waals surface area contributed by atoms with Gasteiger partial charge in [0.05, 0.1) is 12.5 Å². The summed E-state index contributed by atoms with van der Waals surface area (Å²) in [5.41, 5.74) is 0. The Balaban J connectivity index is 1.01. The van der Waals surface area contributed by atoms with Crippen molar-refractivity contribution in [3.05, 3.63) is 0 Å². The second-order valence-corrected chi connectivity index (χ2v) is 11.1.